The predicted molar refractivity (Wildman–Crippen MR) is 150 cm³/mol. The minimum atomic E-state index is -2.02. The number of amides is 1. The quantitative estimate of drug-likeness (QED) is 0.248. The summed E-state index contributed by atoms with van der Waals surface area (Å²) >= 11 is 12.5. The van der Waals surface area contributed by atoms with Crippen LogP contribution in [0.5, 0.6) is 0 Å². The fourth-order valence-corrected chi connectivity index (χ4v) is 5.12. The Balaban J connectivity index is 2.00. The number of carbonyl (C=O) groups excluding carboxylic acids is 1. The van der Waals surface area contributed by atoms with E-state index in [0.29, 0.717) is 18.8 Å². The van der Waals surface area contributed by atoms with Crippen LogP contribution in [-0.2, 0) is 4.43 Å². The first-order valence-corrected chi connectivity index (χ1v) is 15.7. The Hall–Kier alpha value is -1.97. The van der Waals surface area contributed by atoms with Gasteiger partial charge in [0, 0.05) is 29.3 Å². The molecule has 3 aromatic rings. The third-order valence-electron chi connectivity index (χ3n) is 7.25. The van der Waals surface area contributed by atoms with Gasteiger partial charge in [0.15, 0.2) is 8.32 Å². The number of aromatic nitrogens is 3. The molecule has 2 aromatic heterocycles. The zero-order valence-corrected chi connectivity index (χ0v) is 24.8. The zero-order valence-electron chi connectivity index (χ0n) is 22.3. The average Bonchev–Trinajstić information content (AvgIpc) is 3.17. The van der Waals surface area contributed by atoms with Gasteiger partial charge in [-0.3, -0.25) is 4.79 Å². The number of benzene rings is 1. The monoisotopic (exact) mass is 550 g/mol. The Bertz CT molecular complexity index is 1230. The molecule has 1 N–H and O–H groups in total. The molecule has 0 spiro atoms. The van der Waals surface area contributed by atoms with Gasteiger partial charge in [-0.05, 0) is 63.2 Å². The van der Waals surface area contributed by atoms with Gasteiger partial charge < -0.3 is 19.0 Å². The zero-order chi connectivity index (χ0) is 27.1. The van der Waals surface area contributed by atoms with Crippen molar-refractivity contribution < 1.29 is 14.3 Å². The van der Waals surface area contributed by atoms with Gasteiger partial charge in [-0.25, -0.2) is 9.97 Å². The molecule has 10 heteroatoms. The van der Waals surface area contributed by atoms with E-state index in [4.69, 9.17) is 27.6 Å². The van der Waals surface area contributed by atoms with Crippen LogP contribution in [0.3, 0.4) is 0 Å². The van der Waals surface area contributed by atoms with Gasteiger partial charge in [0.1, 0.15) is 22.2 Å². The summed E-state index contributed by atoms with van der Waals surface area (Å²) in [6.07, 6.45) is 3.17. The number of hydrogen-bond acceptors (Lipinski definition) is 5. The number of halogens is 2. The number of aliphatic hydroxyl groups is 1. The molecule has 0 aliphatic heterocycles. The smallest absolute Gasteiger partial charge is 0.264 e. The highest BCUT2D eigenvalue weighted by Gasteiger charge is 2.37. The van der Waals surface area contributed by atoms with Crippen molar-refractivity contribution in [2.24, 2.45) is 0 Å². The number of anilines is 1. The molecule has 0 bridgehead atoms. The summed E-state index contributed by atoms with van der Waals surface area (Å²) in [4.78, 5) is 23.2. The van der Waals surface area contributed by atoms with E-state index < -0.39 is 19.8 Å². The van der Waals surface area contributed by atoms with Crippen LogP contribution in [-0.4, -0.2) is 52.6 Å². The van der Waals surface area contributed by atoms with E-state index in [0.717, 1.165) is 10.9 Å². The maximum atomic E-state index is 13.7. The maximum absolute atomic E-state index is 13.7. The molecule has 196 valence electrons. The van der Waals surface area contributed by atoms with Crippen molar-refractivity contribution in [2.75, 3.05) is 18.1 Å². The highest BCUT2D eigenvalue weighted by atomic mass is 35.5. The van der Waals surface area contributed by atoms with Gasteiger partial charge in [0.2, 0.25) is 0 Å². The first-order chi connectivity index (χ1) is 16.5. The highest BCUT2D eigenvalue weighted by Crippen LogP contribution is 2.37. The van der Waals surface area contributed by atoms with Crippen molar-refractivity contribution in [1.29, 1.82) is 0 Å². The van der Waals surface area contributed by atoms with Gasteiger partial charge in [-0.1, -0.05) is 44.0 Å². The van der Waals surface area contributed by atoms with E-state index in [9.17, 15) is 9.90 Å². The van der Waals surface area contributed by atoms with Crippen molar-refractivity contribution in [3.63, 3.8) is 0 Å². The number of hydrogen-bond donors (Lipinski definition) is 1. The van der Waals surface area contributed by atoms with Crippen molar-refractivity contribution in [2.45, 2.75) is 71.3 Å². The molecule has 0 saturated carbocycles. The van der Waals surface area contributed by atoms with Crippen LogP contribution in [0.1, 0.15) is 57.9 Å². The largest absolute Gasteiger partial charge is 0.415 e. The molecule has 7 nitrogen and oxygen atoms in total. The van der Waals surface area contributed by atoms with E-state index in [-0.39, 0.29) is 26.9 Å². The molecular weight excluding hydrogens is 515 g/mol. The minimum absolute atomic E-state index is 0.00143. The Morgan fingerprint density at radius 2 is 1.75 bits per heavy atom. The first-order valence-electron chi connectivity index (χ1n) is 12.0. The molecule has 0 radical (unpaired) electrons. The Labute approximate surface area is 224 Å². The van der Waals surface area contributed by atoms with E-state index in [1.54, 1.807) is 18.7 Å². The lowest BCUT2D eigenvalue weighted by Gasteiger charge is -2.37. The van der Waals surface area contributed by atoms with Crippen LogP contribution in [0, 0.1) is 0 Å². The van der Waals surface area contributed by atoms with E-state index in [1.165, 1.54) is 6.33 Å². The molecule has 1 aromatic carbocycles. The van der Waals surface area contributed by atoms with E-state index in [1.807, 2.05) is 42.0 Å². The summed E-state index contributed by atoms with van der Waals surface area (Å²) in [6.45, 7) is 17.1. The topological polar surface area (TPSA) is 80.5 Å². The Morgan fingerprint density at radius 3 is 2.31 bits per heavy atom. The van der Waals surface area contributed by atoms with Gasteiger partial charge >= 0.3 is 0 Å². The average molecular weight is 552 g/mol. The molecule has 0 aliphatic rings. The number of carbonyl (C=O) groups is 1. The van der Waals surface area contributed by atoms with Gasteiger partial charge in [-0.15, -0.1) is 0 Å². The first kappa shape index (κ1) is 28.6. The number of rotatable bonds is 8. The number of nitrogens with zero attached hydrogens (tertiary/aromatic N) is 4. The van der Waals surface area contributed by atoms with Crippen LogP contribution in [0.15, 0.2) is 36.8 Å². The third-order valence-corrected chi connectivity index (χ3v) is 12.4. The predicted octanol–water partition coefficient (Wildman–Crippen LogP) is 6.74. The molecule has 1 atom stereocenters. The molecule has 1 amide bonds. The van der Waals surface area contributed by atoms with E-state index >= 15 is 0 Å². The molecule has 2 heterocycles. The summed E-state index contributed by atoms with van der Waals surface area (Å²) < 4.78 is 8.40. The summed E-state index contributed by atoms with van der Waals surface area (Å²) in [7, 11) is -2.02. The second kappa shape index (κ2) is 10.4. The molecule has 0 saturated heterocycles. The molecule has 0 unspecified atom stereocenters. The van der Waals surface area contributed by atoms with Crippen LogP contribution in [0.25, 0.3) is 10.9 Å². The fraction of sp³-hybridized carbons (Fsp3) is 0.500. The molecule has 36 heavy (non-hydrogen) atoms. The SMILES string of the molecule is C[C@H](n1ccc2cc(N(CCO[Si](C)(C)C(C)(C)C)C(=O)c3c(Cl)ncnc3Cl)ccc21)C(C)(C)O. The van der Waals surface area contributed by atoms with Crippen molar-refractivity contribution in [3.8, 4) is 0 Å². The van der Waals surface area contributed by atoms with E-state index in [2.05, 4.69) is 43.8 Å². The lowest BCUT2D eigenvalue weighted by molar-refractivity contribution is 0.0322. The number of fused-ring (bicyclic) bond motifs is 1. The second-order valence-corrected chi connectivity index (χ2v) is 16.7. The fourth-order valence-electron chi connectivity index (χ4n) is 3.61. The summed E-state index contributed by atoms with van der Waals surface area (Å²) in [5.41, 5.74) is 0.795. The standard InChI is InChI=1S/C26H36Cl2N4O3Si/c1-17(26(5,6)34)31-12-11-18-15-19(9-10-20(18)31)32(13-14-35-36(7,8)25(2,3)4)24(33)21-22(27)29-16-30-23(21)28/h9-12,15-17,34H,13-14H2,1-8H3/t17-/m0/s1. The molecule has 0 fully saturated rings. The normalized spacial score (nSPS) is 13.8. The van der Waals surface area contributed by atoms with Crippen LogP contribution < -0.4 is 4.90 Å². The Morgan fingerprint density at radius 1 is 1.14 bits per heavy atom. The van der Waals surface area contributed by atoms with Crippen LogP contribution >= 0.6 is 23.2 Å². The van der Waals surface area contributed by atoms with Crippen LogP contribution in [0.2, 0.25) is 28.4 Å². The lowest BCUT2D eigenvalue weighted by atomic mass is 10.0. The van der Waals surface area contributed by atoms with Gasteiger partial charge in [-0.2, -0.15) is 0 Å². The van der Waals surface area contributed by atoms with Crippen LogP contribution in [0.4, 0.5) is 5.69 Å². The summed E-state index contributed by atoms with van der Waals surface area (Å²) in [5.74, 6) is -0.395. The van der Waals surface area contributed by atoms with Crippen molar-refractivity contribution >= 4 is 54.0 Å². The second-order valence-electron chi connectivity index (χ2n) is 11.2. The van der Waals surface area contributed by atoms with Crippen molar-refractivity contribution in [1.82, 2.24) is 14.5 Å². The van der Waals surface area contributed by atoms with Gasteiger partial charge in [0.05, 0.1) is 18.2 Å². The summed E-state index contributed by atoms with van der Waals surface area (Å²) in [5, 5.41) is 11.5. The van der Waals surface area contributed by atoms with Crippen molar-refractivity contribution in [3.05, 3.63) is 52.7 Å². The highest BCUT2D eigenvalue weighted by molar-refractivity contribution is 6.74. The molecule has 0 aliphatic carbocycles. The maximum Gasteiger partial charge on any atom is 0.264 e. The summed E-state index contributed by atoms with van der Waals surface area (Å²) in [6, 6.07) is 7.61. The van der Waals surface area contributed by atoms with Gasteiger partial charge in [0.25, 0.3) is 5.91 Å². The lowest BCUT2D eigenvalue weighted by Crippen LogP contribution is -2.43. The third kappa shape index (κ3) is 5.94. The molecule has 3 rings (SSSR count). The minimum Gasteiger partial charge on any atom is -0.415 e. The Kier molecular flexibility index (Phi) is 8.27. The molecular formula is C26H36Cl2N4O3Si.